The minimum Gasteiger partial charge on any atom is -0.494 e. The van der Waals surface area contributed by atoms with E-state index in [-0.39, 0.29) is 17.7 Å². The van der Waals surface area contributed by atoms with Crippen molar-refractivity contribution in [3.05, 3.63) is 29.8 Å². The number of hydrogen-bond donors (Lipinski definition) is 0. The van der Waals surface area contributed by atoms with Crippen LogP contribution >= 0.6 is 0 Å². The van der Waals surface area contributed by atoms with Gasteiger partial charge in [-0.3, -0.25) is 9.59 Å². The molecule has 0 bridgehead atoms. The number of carbonyl (C=O) groups excluding carboxylic acids is 2. The SMILES string of the molecule is CCCOc1cccc(CC(=O)N2CCCN(C(=O)C3CC3)CC2)c1. The zero-order valence-corrected chi connectivity index (χ0v) is 15.1. The molecule has 136 valence electrons. The maximum Gasteiger partial charge on any atom is 0.227 e. The molecule has 0 unspecified atom stereocenters. The molecular weight excluding hydrogens is 316 g/mol. The van der Waals surface area contributed by atoms with Gasteiger partial charge in [-0.05, 0) is 43.4 Å². The van der Waals surface area contributed by atoms with Crippen LogP contribution in [0.2, 0.25) is 0 Å². The summed E-state index contributed by atoms with van der Waals surface area (Å²) in [7, 11) is 0. The second-order valence-corrected chi connectivity index (χ2v) is 7.01. The molecule has 1 aromatic rings. The van der Waals surface area contributed by atoms with Gasteiger partial charge in [0.25, 0.3) is 0 Å². The summed E-state index contributed by atoms with van der Waals surface area (Å²) in [6.07, 6.45) is 4.29. The Hall–Kier alpha value is -2.04. The fourth-order valence-corrected chi connectivity index (χ4v) is 3.23. The molecule has 2 amide bonds. The minimum atomic E-state index is 0.133. The van der Waals surface area contributed by atoms with Gasteiger partial charge in [0.15, 0.2) is 0 Å². The summed E-state index contributed by atoms with van der Waals surface area (Å²) in [4.78, 5) is 28.7. The Morgan fingerprint density at radius 3 is 2.64 bits per heavy atom. The molecule has 1 saturated carbocycles. The Morgan fingerprint density at radius 1 is 1.12 bits per heavy atom. The molecule has 0 radical (unpaired) electrons. The summed E-state index contributed by atoms with van der Waals surface area (Å²) >= 11 is 0. The molecular formula is C20H28N2O3. The summed E-state index contributed by atoms with van der Waals surface area (Å²) in [5, 5.41) is 0. The van der Waals surface area contributed by atoms with Crippen LogP contribution in [0.15, 0.2) is 24.3 Å². The molecule has 5 heteroatoms. The van der Waals surface area contributed by atoms with Crippen LogP contribution in [-0.4, -0.2) is 54.4 Å². The van der Waals surface area contributed by atoms with Crippen LogP contribution in [-0.2, 0) is 16.0 Å². The van der Waals surface area contributed by atoms with E-state index in [4.69, 9.17) is 4.74 Å². The monoisotopic (exact) mass is 344 g/mol. The molecule has 3 rings (SSSR count). The smallest absolute Gasteiger partial charge is 0.227 e. The van der Waals surface area contributed by atoms with Gasteiger partial charge in [-0.25, -0.2) is 0 Å². The average molecular weight is 344 g/mol. The van der Waals surface area contributed by atoms with Crippen molar-refractivity contribution in [1.82, 2.24) is 9.80 Å². The number of hydrogen-bond acceptors (Lipinski definition) is 3. The van der Waals surface area contributed by atoms with Crippen LogP contribution in [0.4, 0.5) is 0 Å². The summed E-state index contributed by atoms with van der Waals surface area (Å²) < 4.78 is 5.64. The van der Waals surface area contributed by atoms with E-state index >= 15 is 0 Å². The van der Waals surface area contributed by atoms with Gasteiger partial charge in [-0.15, -0.1) is 0 Å². The highest BCUT2D eigenvalue weighted by Gasteiger charge is 2.34. The Balaban J connectivity index is 1.53. The number of amides is 2. The zero-order valence-electron chi connectivity index (χ0n) is 15.1. The first-order chi connectivity index (χ1) is 12.2. The molecule has 1 aromatic carbocycles. The second-order valence-electron chi connectivity index (χ2n) is 7.01. The highest BCUT2D eigenvalue weighted by molar-refractivity contribution is 5.81. The molecule has 0 spiro atoms. The Kier molecular flexibility index (Phi) is 5.95. The van der Waals surface area contributed by atoms with Crippen molar-refractivity contribution >= 4 is 11.8 Å². The van der Waals surface area contributed by atoms with Crippen LogP contribution in [0.3, 0.4) is 0 Å². The molecule has 1 saturated heterocycles. The Bertz CT molecular complexity index is 613. The molecule has 2 aliphatic rings. The number of carbonyl (C=O) groups is 2. The van der Waals surface area contributed by atoms with Crippen molar-refractivity contribution in [2.45, 2.75) is 39.0 Å². The number of benzene rings is 1. The van der Waals surface area contributed by atoms with Gasteiger partial charge in [-0.2, -0.15) is 0 Å². The summed E-state index contributed by atoms with van der Waals surface area (Å²) in [5.74, 6) is 1.50. The second kappa shape index (κ2) is 8.37. The van der Waals surface area contributed by atoms with Crippen molar-refractivity contribution in [2.24, 2.45) is 5.92 Å². The molecule has 0 aromatic heterocycles. The lowest BCUT2D eigenvalue weighted by Gasteiger charge is -2.22. The van der Waals surface area contributed by atoms with Crippen LogP contribution in [0.5, 0.6) is 5.75 Å². The summed E-state index contributed by atoms with van der Waals surface area (Å²) in [5.41, 5.74) is 0.980. The first-order valence-electron chi connectivity index (χ1n) is 9.45. The lowest BCUT2D eigenvalue weighted by molar-refractivity contribution is -0.134. The van der Waals surface area contributed by atoms with Gasteiger partial charge in [0.1, 0.15) is 5.75 Å². The highest BCUT2D eigenvalue weighted by atomic mass is 16.5. The number of ether oxygens (including phenoxy) is 1. The molecule has 2 fully saturated rings. The van der Waals surface area contributed by atoms with E-state index in [1.165, 1.54) is 0 Å². The molecule has 1 heterocycles. The van der Waals surface area contributed by atoms with E-state index in [0.717, 1.165) is 50.1 Å². The molecule has 0 N–H and O–H groups in total. The van der Waals surface area contributed by atoms with E-state index < -0.39 is 0 Å². The van der Waals surface area contributed by atoms with Crippen molar-refractivity contribution in [3.63, 3.8) is 0 Å². The Labute approximate surface area is 149 Å². The minimum absolute atomic E-state index is 0.133. The highest BCUT2D eigenvalue weighted by Crippen LogP contribution is 2.31. The number of nitrogens with zero attached hydrogens (tertiary/aromatic N) is 2. The van der Waals surface area contributed by atoms with Gasteiger partial charge in [0.05, 0.1) is 13.0 Å². The molecule has 1 aliphatic heterocycles. The Morgan fingerprint density at radius 2 is 1.88 bits per heavy atom. The van der Waals surface area contributed by atoms with E-state index in [1.54, 1.807) is 0 Å². The zero-order chi connectivity index (χ0) is 17.6. The summed E-state index contributed by atoms with van der Waals surface area (Å²) in [6.45, 7) is 5.58. The quantitative estimate of drug-likeness (QED) is 0.797. The van der Waals surface area contributed by atoms with Crippen LogP contribution in [0, 0.1) is 5.92 Å². The maximum atomic E-state index is 12.7. The maximum absolute atomic E-state index is 12.7. The molecule has 1 aliphatic carbocycles. The fourth-order valence-electron chi connectivity index (χ4n) is 3.23. The third-order valence-electron chi connectivity index (χ3n) is 4.81. The topological polar surface area (TPSA) is 49.9 Å². The van der Waals surface area contributed by atoms with Gasteiger partial charge in [0, 0.05) is 32.1 Å². The first kappa shape index (κ1) is 17.8. The summed E-state index contributed by atoms with van der Waals surface area (Å²) in [6, 6.07) is 7.79. The predicted octanol–water partition coefficient (Wildman–Crippen LogP) is 2.49. The van der Waals surface area contributed by atoms with Crippen molar-refractivity contribution in [2.75, 3.05) is 32.8 Å². The van der Waals surface area contributed by atoms with Gasteiger partial charge >= 0.3 is 0 Å². The van der Waals surface area contributed by atoms with Crippen LogP contribution in [0.25, 0.3) is 0 Å². The van der Waals surface area contributed by atoms with Crippen LogP contribution in [0.1, 0.15) is 38.2 Å². The standard InChI is InChI=1S/C20H28N2O3/c1-2-13-25-18-6-3-5-16(14-18)15-19(23)21-9-4-10-22(12-11-21)20(24)17-7-8-17/h3,5-6,14,17H,2,4,7-13,15H2,1H3. The normalized spacial score (nSPS) is 18.0. The van der Waals surface area contributed by atoms with Crippen molar-refractivity contribution in [1.29, 1.82) is 0 Å². The largest absolute Gasteiger partial charge is 0.494 e. The fraction of sp³-hybridized carbons (Fsp3) is 0.600. The van der Waals surface area contributed by atoms with E-state index in [9.17, 15) is 9.59 Å². The van der Waals surface area contributed by atoms with Gasteiger partial charge in [-0.1, -0.05) is 19.1 Å². The lowest BCUT2D eigenvalue weighted by atomic mass is 10.1. The predicted molar refractivity (Wildman–Crippen MR) is 96.4 cm³/mol. The van der Waals surface area contributed by atoms with Crippen molar-refractivity contribution in [3.8, 4) is 5.75 Å². The van der Waals surface area contributed by atoms with E-state index in [2.05, 4.69) is 6.92 Å². The molecule has 0 atom stereocenters. The van der Waals surface area contributed by atoms with E-state index in [1.807, 2.05) is 34.1 Å². The van der Waals surface area contributed by atoms with Crippen molar-refractivity contribution < 1.29 is 14.3 Å². The molecule has 5 nitrogen and oxygen atoms in total. The van der Waals surface area contributed by atoms with Gasteiger partial charge < -0.3 is 14.5 Å². The number of rotatable bonds is 6. The average Bonchev–Trinajstić information content (AvgIpc) is 3.46. The molecule has 25 heavy (non-hydrogen) atoms. The lowest BCUT2D eigenvalue weighted by Crippen LogP contribution is -2.38. The van der Waals surface area contributed by atoms with E-state index in [0.29, 0.717) is 26.1 Å². The third-order valence-corrected chi connectivity index (χ3v) is 4.81. The van der Waals surface area contributed by atoms with Crippen LogP contribution < -0.4 is 4.74 Å². The third kappa shape index (κ3) is 4.97. The first-order valence-corrected chi connectivity index (χ1v) is 9.45. The van der Waals surface area contributed by atoms with Gasteiger partial charge in [0.2, 0.25) is 11.8 Å².